The zero-order valence-corrected chi connectivity index (χ0v) is 28.8. The first-order chi connectivity index (χ1) is 26.2. The Hall–Kier alpha value is -7.10. The highest BCUT2D eigenvalue weighted by Gasteiger charge is 2.18. The summed E-state index contributed by atoms with van der Waals surface area (Å²) in [6.45, 7) is 0. The molecule has 53 heavy (non-hydrogen) atoms. The number of hydrogen-bond donors (Lipinski definition) is 1. The van der Waals surface area contributed by atoms with Crippen LogP contribution in [-0.2, 0) is 0 Å². The van der Waals surface area contributed by atoms with Crippen molar-refractivity contribution in [2.45, 2.75) is 0 Å². The maximum atomic E-state index is 6.42. The first-order valence-electron chi connectivity index (χ1n) is 18.1. The van der Waals surface area contributed by atoms with E-state index in [1.165, 1.54) is 43.4 Å². The summed E-state index contributed by atoms with van der Waals surface area (Å²) in [5, 5.41) is 13.3. The van der Waals surface area contributed by atoms with E-state index < -0.39 is 0 Å². The number of para-hydroxylation sites is 2. The summed E-state index contributed by atoms with van der Waals surface area (Å²) in [4.78, 5) is 0. The monoisotopic (exact) mass is 676 g/mol. The summed E-state index contributed by atoms with van der Waals surface area (Å²) in [6.07, 6.45) is 0. The van der Waals surface area contributed by atoms with Gasteiger partial charge in [-0.15, -0.1) is 0 Å². The molecule has 0 radical (unpaired) electrons. The zero-order valence-electron chi connectivity index (χ0n) is 28.8. The van der Waals surface area contributed by atoms with Gasteiger partial charge >= 0.3 is 0 Å². The molecule has 1 N–H and O–H groups in total. The van der Waals surface area contributed by atoms with Gasteiger partial charge in [-0.25, -0.2) is 0 Å². The molecule has 0 aliphatic rings. The molecule has 2 heterocycles. The van der Waals surface area contributed by atoms with Crippen LogP contribution in [-0.4, -0.2) is 4.57 Å². The Kier molecular flexibility index (Phi) is 6.55. The Morgan fingerprint density at radius 3 is 2.00 bits per heavy atom. The van der Waals surface area contributed by atoms with Crippen LogP contribution in [0.5, 0.6) is 0 Å². The molecule has 0 aliphatic heterocycles. The Morgan fingerprint density at radius 1 is 0.358 bits per heavy atom. The van der Waals surface area contributed by atoms with Crippen molar-refractivity contribution in [2.75, 3.05) is 5.32 Å². The van der Waals surface area contributed by atoms with Crippen molar-refractivity contribution in [3.05, 3.63) is 188 Å². The molecule has 11 aromatic rings. The number of furan rings is 1. The second-order valence-corrected chi connectivity index (χ2v) is 13.8. The van der Waals surface area contributed by atoms with Gasteiger partial charge in [-0.2, -0.15) is 0 Å². The van der Waals surface area contributed by atoms with Crippen LogP contribution in [0.1, 0.15) is 0 Å². The molecule has 248 valence electrons. The first kappa shape index (κ1) is 29.6. The molecule has 11 rings (SSSR count). The summed E-state index contributed by atoms with van der Waals surface area (Å²) >= 11 is 0. The van der Waals surface area contributed by atoms with Gasteiger partial charge in [0.25, 0.3) is 0 Å². The predicted molar refractivity (Wildman–Crippen MR) is 224 cm³/mol. The third kappa shape index (κ3) is 4.82. The fourth-order valence-electron chi connectivity index (χ4n) is 8.20. The van der Waals surface area contributed by atoms with Crippen LogP contribution in [0.3, 0.4) is 0 Å². The summed E-state index contributed by atoms with van der Waals surface area (Å²) in [6, 6.07) is 67.5. The van der Waals surface area contributed by atoms with E-state index in [4.69, 9.17) is 4.42 Å². The second-order valence-electron chi connectivity index (χ2n) is 13.8. The highest BCUT2D eigenvalue weighted by atomic mass is 16.3. The van der Waals surface area contributed by atoms with Crippen molar-refractivity contribution >= 4 is 76.7 Å². The molecule has 2 aromatic heterocycles. The van der Waals surface area contributed by atoms with Gasteiger partial charge in [0.05, 0.1) is 11.0 Å². The van der Waals surface area contributed by atoms with Gasteiger partial charge in [-0.05, 0) is 87.4 Å². The lowest BCUT2D eigenvalue weighted by atomic mass is 9.96. The van der Waals surface area contributed by atoms with Crippen LogP contribution in [0.4, 0.5) is 11.4 Å². The molecule has 0 bridgehead atoms. The zero-order chi connectivity index (χ0) is 34.9. The molecule has 0 amide bonds. The molecular weight excluding hydrogens is 645 g/mol. The second kappa shape index (κ2) is 11.7. The molecule has 3 nitrogen and oxygen atoms in total. The van der Waals surface area contributed by atoms with E-state index in [-0.39, 0.29) is 0 Å². The number of anilines is 2. The van der Waals surface area contributed by atoms with Crippen molar-refractivity contribution in [2.24, 2.45) is 0 Å². The Morgan fingerprint density at radius 2 is 1.06 bits per heavy atom. The Bertz CT molecular complexity index is 3210. The van der Waals surface area contributed by atoms with Crippen LogP contribution in [0, 0.1) is 0 Å². The van der Waals surface area contributed by atoms with Crippen molar-refractivity contribution < 1.29 is 4.42 Å². The number of rotatable bonds is 5. The number of hydrogen-bond acceptors (Lipinski definition) is 2. The van der Waals surface area contributed by atoms with E-state index in [0.29, 0.717) is 0 Å². The minimum Gasteiger partial charge on any atom is -0.456 e. The van der Waals surface area contributed by atoms with Gasteiger partial charge in [0.2, 0.25) is 0 Å². The number of benzene rings is 9. The van der Waals surface area contributed by atoms with Gasteiger partial charge in [0, 0.05) is 55.6 Å². The highest BCUT2D eigenvalue weighted by Crippen LogP contribution is 2.41. The maximum Gasteiger partial charge on any atom is 0.137 e. The number of fused-ring (bicyclic) bond motifs is 8. The molecule has 3 heteroatoms. The smallest absolute Gasteiger partial charge is 0.137 e. The predicted octanol–water partition coefficient (Wildman–Crippen LogP) is 14.1. The van der Waals surface area contributed by atoms with Crippen LogP contribution >= 0.6 is 0 Å². The van der Waals surface area contributed by atoms with Crippen LogP contribution in [0.2, 0.25) is 0 Å². The molecular formula is C50H32N2O. The van der Waals surface area contributed by atoms with Crippen molar-refractivity contribution in [1.82, 2.24) is 4.57 Å². The van der Waals surface area contributed by atoms with Gasteiger partial charge in [0.15, 0.2) is 0 Å². The SMILES string of the molecule is c1cc(-c2ccc3c(c2)c2cc4c(cc2n3-c2ccc3ccccc3c2)oc2ccccc24)cc(-c2ccccc2Nc2cccc3ccccc23)c1. The normalized spacial score (nSPS) is 11.8. The quantitative estimate of drug-likeness (QED) is 0.197. The van der Waals surface area contributed by atoms with Gasteiger partial charge < -0.3 is 14.3 Å². The van der Waals surface area contributed by atoms with Crippen LogP contribution in [0.25, 0.3) is 93.2 Å². The molecule has 0 unspecified atom stereocenters. The summed E-state index contributed by atoms with van der Waals surface area (Å²) in [7, 11) is 0. The third-order valence-corrected chi connectivity index (χ3v) is 10.7. The summed E-state index contributed by atoms with van der Waals surface area (Å²) in [5.74, 6) is 0. The minimum atomic E-state index is 0.896. The fourth-order valence-corrected chi connectivity index (χ4v) is 8.20. The van der Waals surface area contributed by atoms with Gasteiger partial charge in [-0.1, -0.05) is 127 Å². The minimum absolute atomic E-state index is 0.896. The summed E-state index contributed by atoms with van der Waals surface area (Å²) in [5.41, 5.74) is 12.1. The topological polar surface area (TPSA) is 30.1 Å². The van der Waals surface area contributed by atoms with E-state index in [9.17, 15) is 0 Å². The highest BCUT2D eigenvalue weighted by molar-refractivity contribution is 6.18. The number of aromatic nitrogens is 1. The lowest BCUT2D eigenvalue weighted by molar-refractivity contribution is 0.669. The number of nitrogens with zero attached hydrogens (tertiary/aromatic N) is 1. The van der Waals surface area contributed by atoms with E-state index in [0.717, 1.165) is 61.2 Å². The Labute approximate surface area is 306 Å². The third-order valence-electron chi connectivity index (χ3n) is 10.7. The van der Waals surface area contributed by atoms with Crippen molar-refractivity contribution in [3.63, 3.8) is 0 Å². The molecule has 0 fully saturated rings. The molecule has 9 aromatic carbocycles. The van der Waals surface area contributed by atoms with Crippen molar-refractivity contribution in [3.8, 4) is 27.9 Å². The average Bonchev–Trinajstić information content (AvgIpc) is 3.74. The van der Waals surface area contributed by atoms with Crippen LogP contribution in [0.15, 0.2) is 192 Å². The molecule has 0 aliphatic carbocycles. The van der Waals surface area contributed by atoms with E-state index in [1.807, 2.05) is 6.07 Å². The average molecular weight is 677 g/mol. The van der Waals surface area contributed by atoms with E-state index >= 15 is 0 Å². The van der Waals surface area contributed by atoms with Crippen LogP contribution < -0.4 is 5.32 Å². The van der Waals surface area contributed by atoms with Crippen molar-refractivity contribution in [1.29, 1.82) is 0 Å². The lowest BCUT2D eigenvalue weighted by Crippen LogP contribution is -1.94. The van der Waals surface area contributed by atoms with E-state index in [1.54, 1.807) is 0 Å². The van der Waals surface area contributed by atoms with Gasteiger partial charge in [0.1, 0.15) is 11.2 Å². The number of nitrogens with one attached hydrogen (secondary N) is 1. The standard InChI is InChI=1S/C50H32N2O/c1-2-13-35-28-38(25-23-32(35)11-1)52-47-26-24-36(29-42(47)43-30-44-41-19-6-8-22-49(41)53-50(44)31-48(43)52)34-15-9-16-37(27-34)40-18-5-7-20-45(40)51-46-21-10-14-33-12-3-4-17-39(33)46/h1-31,51H. The summed E-state index contributed by atoms with van der Waals surface area (Å²) < 4.78 is 8.80. The maximum absolute atomic E-state index is 6.42. The molecule has 0 atom stereocenters. The Balaban J connectivity index is 1.08. The molecule has 0 saturated heterocycles. The fraction of sp³-hybridized carbons (Fsp3) is 0. The first-order valence-corrected chi connectivity index (χ1v) is 18.1. The van der Waals surface area contributed by atoms with E-state index in [2.05, 4.69) is 192 Å². The van der Waals surface area contributed by atoms with Gasteiger partial charge in [-0.3, -0.25) is 0 Å². The lowest BCUT2D eigenvalue weighted by Gasteiger charge is -2.15. The molecule has 0 spiro atoms. The largest absolute Gasteiger partial charge is 0.456 e. The molecule has 0 saturated carbocycles.